The molecule has 0 spiro atoms. The molecule has 0 aromatic carbocycles. The first-order valence-corrected chi connectivity index (χ1v) is 5.42. The van der Waals surface area contributed by atoms with Gasteiger partial charge < -0.3 is 15.4 Å². The smallest absolute Gasteiger partial charge is 0.266 e. The number of nitrogens with zero attached hydrogens (tertiary/aromatic N) is 1. The Labute approximate surface area is 94.1 Å². The van der Waals surface area contributed by atoms with E-state index in [1.807, 2.05) is 22.6 Å². The standard InChI is InChI=1S/C8H10IN3O2/c9-6-7(10-3-11-8(6)14)12-4-1-5(13)2-4/h3-5,13H,1-2H2,(H2,10,11,12,14). The van der Waals surface area contributed by atoms with E-state index in [0.29, 0.717) is 9.39 Å². The highest BCUT2D eigenvalue weighted by atomic mass is 127. The molecule has 14 heavy (non-hydrogen) atoms. The van der Waals surface area contributed by atoms with Gasteiger partial charge in [0.05, 0.1) is 12.4 Å². The topological polar surface area (TPSA) is 78.0 Å². The highest BCUT2D eigenvalue weighted by Gasteiger charge is 2.27. The number of hydrogen-bond donors (Lipinski definition) is 3. The molecule has 1 fully saturated rings. The van der Waals surface area contributed by atoms with Crippen molar-refractivity contribution >= 4 is 28.4 Å². The van der Waals surface area contributed by atoms with Gasteiger partial charge in [0.2, 0.25) is 0 Å². The monoisotopic (exact) mass is 307 g/mol. The lowest BCUT2D eigenvalue weighted by Crippen LogP contribution is -2.39. The van der Waals surface area contributed by atoms with Gasteiger partial charge in [0.1, 0.15) is 9.39 Å². The predicted molar refractivity (Wildman–Crippen MR) is 60.2 cm³/mol. The number of nitrogens with one attached hydrogen (secondary N) is 2. The van der Waals surface area contributed by atoms with E-state index in [0.717, 1.165) is 12.8 Å². The van der Waals surface area contributed by atoms with Crippen LogP contribution in [0.5, 0.6) is 0 Å². The van der Waals surface area contributed by atoms with E-state index in [9.17, 15) is 4.79 Å². The molecule has 1 aliphatic carbocycles. The van der Waals surface area contributed by atoms with Crippen LogP contribution in [-0.4, -0.2) is 27.2 Å². The van der Waals surface area contributed by atoms with Gasteiger partial charge in [-0.25, -0.2) is 4.98 Å². The summed E-state index contributed by atoms with van der Waals surface area (Å²) >= 11 is 1.95. The quantitative estimate of drug-likeness (QED) is 0.687. The average Bonchev–Trinajstić information content (AvgIpc) is 2.10. The number of halogens is 1. The minimum Gasteiger partial charge on any atom is -0.393 e. The van der Waals surface area contributed by atoms with Gasteiger partial charge in [-0.15, -0.1) is 0 Å². The summed E-state index contributed by atoms with van der Waals surface area (Å²) in [7, 11) is 0. The molecule has 76 valence electrons. The Morgan fingerprint density at radius 1 is 1.64 bits per heavy atom. The van der Waals surface area contributed by atoms with Crippen LogP contribution in [0.2, 0.25) is 0 Å². The van der Waals surface area contributed by atoms with E-state index in [2.05, 4.69) is 15.3 Å². The number of aliphatic hydroxyl groups is 1. The molecule has 5 nitrogen and oxygen atoms in total. The molecule has 0 saturated heterocycles. The van der Waals surface area contributed by atoms with E-state index in [-0.39, 0.29) is 17.7 Å². The van der Waals surface area contributed by atoms with Crippen LogP contribution in [0.3, 0.4) is 0 Å². The SMILES string of the molecule is O=c1[nH]cnc(NC2CC(O)C2)c1I. The van der Waals surface area contributed by atoms with Crippen molar-refractivity contribution in [1.29, 1.82) is 0 Å². The second-order valence-corrected chi connectivity index (χ2v) is 4.44. The fourth-order valence-corrected chi connectivity index (χ4v) is 1.83. The lowest BCUT2D eigenvalue weighted by atomic mass is 9.89. The second kappa shape index (κ2) is 3.85. The summed E-state index contributed by atoms with van der Waals surface area (Å²) in [4.78, 5) is 17.7. The van der Waals surface area contributed by atoms with Crippen LogP contribution in [0, 0.1) is 3.57 Å². The first-order chi connectivity index (χ1) is 6.66. The molecule has 1 saturated carbocycles. The number of aromatic nitrogens is 2. The van der Waals surface area contributed by atoms with Crippen molar-refractivity contribution in [2.24, 2.45) is 0 Å². The van der Waals surface area contributed by atoms with Crippen LogP contribution in [0.15, 0.2) is 11.1 Å². The molecule has 0 unspecified atom stereocenters. The molecular weight excluding hydrogens is 297 g/mol. The van der Waals surface area contributed by atoms with E-state index in [1.54, 1.807) is 0 Å². The lowest BCUT2D eigenvalue weighted by Gasteiger charge is -2.32. The van der Waals surface area contributed by atoms with Crippen molar-refractivity contribution < 1.29 is 5.11 Å². The van der Waals surface area contributed by atoms with Crippen molar-refractivity contribution in [1.82, 2.24) is 9.97 Å². The zero-order valence-corrected chi connectivity index (χ0v) is 9.48. The van der Waals surface area contributed by atoms with Crippen LogP contribution in [0.4, 0.5) is 5.82 Å². The number of rotatable bonds is 2. The Morgan fingerprint density at radius 2 is 2.36 bits per heavy atom. The third kappa shape index (κ3) is 1.90. The van der Waals surface area contributed by atoms with Crippen LogP contribution in [0.1, 0.15) is 12.8 Å². The Kier molecular flexibility index (Phi) is 2.73. The largest absolute Gasteiger partial charge is 0.393 e. The molecular formula is C8H10IN3O2. The molecule has 0 amide bonds. The van der Waals surface area contributed by atoms with E-state index < -0.39 is 0 Å². The Morgan fingerprint density at radius 3 is 3.00 bits per heavy atom. The Balaban J connectivity index is 2.10. The summed E-state index contributed by atoms with van der Waals surface area (Å²) in [5, 5.41) is 12.2. The molecule has 6 heteroatoms. The zero-order valence-electron chi connectivity index (χ0n) is 7.33. The minimum atomic E-state index is -0.202. The summed E-state index contributed by atoms with van der Waals surface area (Å²) in [6.45, 7) is 0. The van der Waals surface area contributed by atoms with Gasteiger partial charge in [0.25, 0.3) is 5.56 Å². The average molecular weight is 307 g/mol. The summed E-state index contributed by atoms with van der Waals surface area (Å²) in [5.74, 6) is 0.603. The van der Waals surface area contributed by atoms with Gasteiger partial charge in [-0.2, -0.15) is 0 Å². The summed E-state index contributed by atoms with van der Waals surface area (Å²) in [6.07, 6.45) is 2.63. The molecule has 1 aliphatic rings. The normalized spacial score (nSPS) is 25.6. The number of anilines is 1. The van der Waals surface area contributed by atoms with Gasteiger partial charge >= 0.3 is 0 Å². The number of H-pyrrole nitrogens is 1. The van der Waals surface area contributed by atoms with Gasteiger partial charge in [-0.3, -0.25) is 4.79 Å². The maximum absolute atomic E-state index is 11.2. The fourth-order valence-electron chi connectivity index (χ4n) is 1.38. The highest BCUT2D eigenvalue weighted by Crippen LogP contribution is 2.23. The fraction of sp³-hybridized carbons (Fsp3) is 0.500. The Bertz CT molecular complexity index is 386. The lowest BCUT2D eigenvalue weighted by molar-refractivity contribution is 0.0835. The van der Waals surface area contributed by atoms with E-state index >= 15 is 0 Å². The zero-order chi connectivity index (χ0) is 10.1. The van der Waals surface area contributed by atoms with Gasteiger partial charge in [0.15, 0.2) is 0 Å². The molecule has 2 rings (SSSR count). The number of aromatic amines is 1. The molecule has 3 N–H and O–H groups in total. The third-order valence-electron chi connectivity index (χ3n) is 2.25. The van der Waals surface area contributed by atoms with Gasteiger partial charge in [-0.1, -0.05) is 0 Å². The molecule has 1 aromatic heterocycles. The van der Waals surface area contributed by atoms with Crippen molar-refractivity contribution in [3.05, 3.63) is 20.3 Å². The molecule has 0 aliphatic heterocycles. The van der Waals surface area contributed by atoms with E-state index in [1.165, 1.54) is 6.33 Å². The van der Waals surface area contributed by atoms with Gasteiger partial charge in [-0.05, 0) is 35.4 Å². The van der Waals surface area contributed by atoms with Crippen molar-refractivity contribution in [3.63, 3.8) is 0 Å². The van der Waals surface area contributed by atoms with Crippen molar-refractivity contribution in [2.45, 2.75) is 25.0 Å². The predicted octanol–water partition coefficient (Wildman–Crippen LogP) is 0.310. The van der Waals surface area contributed by atoms with Crippen LogP contribution in [0.25, 0.3) is 0 Å². The molecule has 0 radical (unpaired) electrons. The second-order valence-electron chi connectivity index (χ2n) is 3.36. The molecule has 0 atom stereocenters. The Hall–Kier alpha value is -0.630. The first kappa shape index (κ1) is 9.91. The van der Waals surface area contributed by atoms with Crippen LogP contribution in [-0.2, 0) is 0 Å². The highest BCUT2D eigenvalue weighted by molar-refractivity contribution is 14.1. The molecule has 0 bridgehead atoms. The maximum atomic E-state index is 11.2. The van der Waals surface area contributed by atoms with E-state index in [4.69, 9.17) is 5.11 Å². The number of aliphatic hydroxyl groups excluding tert-OH is 1. The molecule has 1 heterocycles. The summed E-state index contributed by atoms with van der Waals surface area (Å²) < 4.78 is 0.562. The van der Waals surface area contributed by atoms with Crippen molar-refractivity contribution in [3.8, 4) is 0 Å². The summed E-state index contributed by atoms with van der Waals surface area (Å²) in [5.41, 5.74) is -0.136. The summed E-state index contributed by atoms with van der Waals surface area (Å²) in [6, 6.07) is 0.243. The number of hydrogen-bond acceptors (Lipinski definition) is 4. The first-order valence-electron chi connectivity index (χ1n) is 4.34. The maximum Gasteiger partial charge on any atom is 0.266 e. The third-order valence-corrected chi connectivity index (χ3v) is 3.25. The van der Waals surface area contributed by atoms with Crippen LogP contribution < -0.4 is 10.9 Å². The molecule has 1 aromatic rings. The van der Waals surface area contributed by atoms with Crippen molar-refractivity contribution in [2.75, 3.05) is 5.32 Å². The van der Waals surface area contributed by atoms with Gasteiger partial charge in [0, 0.05) is 6.04 Å². The van der Waals surface area contributed by atoms with Crippen LogP contribution >= 0.6 is 22.6 Å². The minimum absolute atomic E-state index is 0.136.